The molecule has 0 bridgehead atoms. The predicted molar refractivity (Wildman–Crippen MR) is 69.7 cm³/mol. The number of benzene rings is 1. The van der Waals surface area contributed by atoms with Crippen LogP contribution in [0.25, 0.3) is 0 Å². The molecule has 0 saturated heterocycles. The molecule has 0 radical (unpaired) electrons. The lowest BCUT2D eigenvalue weighted by atomic mass is 10.1. The fraction of sp³-hybridized carbons (Fsp3) is 0.357. The number of fused-ring (bicyclic) bond motifs is 1. The van der Waals surface area contributed by atoms with Crippen LogP contribution >= 0.6 is 0 Å². The van der Waals surface area contributed by atoms with Crippen molar-refractivity contribution in [2.45, 2.75) is 26.3 Å². The molecule has 5 heteroatoms. The van der Waals surface area contributed by atoms with Gasteiger partial charge in [-0.25, -0.2) is 0 Å². The minimum Gasteiger partial charge on any atom is -0.355 e. The van der Waals surface area contributed by atoms with Gasteiger partial charge in [-0.2, -0.15) is 0 Å². The van der Waals surface area contributed by atoms with E-state index in [4.69, 9.17) is 0 Å². The minimum atomic E-state index is -0.743. The van der Waals surface area contributed by atoms with E-state index in [1.54, 1.807) is 38.1 Å². The summed E-state index contributed by atoms with van der Waals surface area (Å²) in [6, 6.07) is 5.90. The van der Waals surface area contributed by atoms with Crippen molar-refractivity contribution >= 4 is 17.7 Å². The Bertz CT molecular complexity index is 504. The van der Waals surface area contributed by atoms with Crippen LogP contribution in [0.4, 0.5) is 0 Å². The molecule has 1 aromatic carbocycles. The van der Waals surface area contributed by atoms with E-state index in [2.05, 4.69) is 5.32 Å². The van der Waals surface area contributed by atoms with E-state index in [9.17, 15) is 14.4 Å². The van der Waals surface area contributed by atoms with Crippen LogP contribution in [-0.4, -0.2) is 35.2 Å². The van der Waals surface area contributed by atoms with Crippen LogP contribution in [0.1, 0.15) is 41.0 Å². The maximum atomic E-state index is 12.2. The Hall–Kier alpha value is -2.17. The highest BCUT2D eigenvalue weighted by atomic mass is 16.2. The highest BCUT2D eigenvalue weighted by molar-refractivity contribution is 6.22. The SMILES string of the molecule is CCNC(=O)C(CC)N1C(=O)c2ccccc2C1=O. The van der Waals surface area contributed by atoms with Crippen LogP contribution in [0.15, 0.2) is 24.3 Å². The van der Waals surface area contributed by atoms with Crippen LogP contribution in [-0.2, 0) is 4.79 Å². The Balaban J connectivity index is 2.35. The van der Waals surface area contributed by atoms with Crippen LogP contribution in [0.5, 0.6) is 0 Å². The van der Waals surface area contributed by atoms with Gasteiger partial charge in [0.2, 0.25) is 5.91 Å². The monoisotopic (exact) mass is 260 g/mol. The molecule has 100 valence electrons. The number of nitrogens with zero attached hydrogens (tertiary/aromatic N) is 1. The van der Waals surface area contributed by atoms with E-state index < -0.39 is 17.9 Å². The lowest BCUT2D eigenvalue weighted by molar-refractivity contribution is -0.125. The summed E-state index contributed by atoms with van der Waals surface area (Å²) in [5.74, 6) is -1.07. The van der Waals surface area contributed by atoms with Crippen LogP contribution in [0, 0.1) is 0 Å². The van der Waals surface area contributed by atoms with Gasteiger partial charge >= 0.3 is 0 Å². The zero-order valence-corrected chi connectivity index (χ0v) is 11.0. The summed E-state index contributed by atoms with van der Waals surface area (Å²) in [4.78, 5) is 37.5. The van der Waals surface area contributed by atoms with Gasteiger partial charge in [0.15, 0.2) is 0 Å². The predicted octanol–water partition coefficient (Wildman–Crippen LogP) is 1.20. The topological polar surface area (TPSA) is 66.5 Å². The molecule has 0 aromatic heterocycles. The van der Waals surface area contributed by atoms with Crippen molar-refractivity contribution < 1.29 is 14.4 Å². The number of imide groups is 1. The molecular formula is C14H16N2O3. The van der Waals surface area contributed by atoms with Crippen molar-refractivity contribution in [3.63, 3.8) is 0 Å². The molecule has 5 nitrogen and oxygen atoms in total. The second-order valence-electron chi connectivity index (χ2n) is 4.34. The number of hydrogen-bond donors (Lipinski definition) is 1. The first-order valence-corrected chi connectivity index (χ1v) is 6.36. The van der Waals surface area contributed by atoms with Crippen molar-refractivity contribution in [2.75, 3.05) is 6.54 Å². The summed E-state index contributed by atoms with van der Waals surface area (Å²) in [6.45, 7) is 4.05. The Morgan fingerprint density at radius 2 is 1.68 bits per heavy atom. The van der Waals surface area contributed by atoms with E-state index in [0.717, 1.165) is 4.90 Å². The first kappa shape index (κ1) is 13.3. The molecule has 1 aliphatic heterocycles. The Morgan fingerprint density at radius 1 is 1.16 bits per heavy atom. The maximum absolute atomic E-state index is 12.2. The normalized spacial score (nSPS) is 15.4. The fourth-order valence-corrected chi connectivity index (χ4v) is 2.27. The largest absolute Gasteiger partial charge is 0.355 e. The third-order valence-electron chi connectivity index (χ3n) is 3.18. The van der Waals surface area contributed by atoms with Gasteiger partial charge in [-0.05, 0) is 25.5 Å². The highest BCUT2D eigenvalue weighted by Crippen LogP contribution is 2.25. The van der Waals surface area contributed by atoms with Gasteiger partial charge < -0.3 is 5.32 Å². The molecule has 1 heterocycles. The summed E-state index contributed by atoms with van der Waals surface area (Å²) in [6.07, 6.45) is 0.400. The van der Waals surface area contributed by atoms with Crippen LogP contribution in [0.2, 0.25) is 0 Å². The van der Waals surface area contributed by atoms with Crippen molar-refractivity contribution in [2.24, 2.45) is 0 Å². The lowest BCUT2D eigenvalue weighted by Gasteiger charge is -2.23. The van der Waals surface area contributed by atoms with Crippen LogP contribution < -0.4 is 5.32 Å². The number of likely N-dealkylation sites (N-methyl/N-ethyl adjacent to an activating group) is 1. The molecule has 2 rings (SSSR count). The molecule has 0 spiro atoms. The van der Waals surface area contributed by atoms with Gasteiger partial charge in [0.05, 0.1) is 11.1 Å². The number of carbonyl (C=O) groups excluding carboxylic acids is 3. The molecule has 19 heavy (non-hydrogen) atoms. The molecule has 1 aromatic rings. The summed E-state index contributed by atoms with van der Waals surface area (Å²) in [5.41, 5.74) is 0.741. The molecule has 0 saturated carbocycles. The molecule has 1 aliphatic rings. The average molecular weight is 260 g/mol. The Morgan fingerprint density at radius 3 is 2.11 bits per heavy atom. The van der Waals surface area contributed by atoms with E-state index in [1.165, 1.54) is 0 Å². The first-order chi connectivity index (χ1) is 9.11. The number of carbonyl (C=O) groups is 3. The van der Waals surface area contributed by atoms with Gasteiger partial charge in [0, 0.05) is 6.54 Å². The summed E-state index contributed by atoms with van der Waals surface area (Å²) < 4.78 is 0. The maximum Gasteiger partial charge on any atom is 0.262 e. The molecule has 0 aliphatic carbocycles. The quantitative estimate of drug-likeness (QED) is 0.827. The Labute approximate surface area is 111 Å². The molecule has 1 N–H and O–H groups in total. The molecule has 3 amide bonds. The van der Waals surface area contributed by atoms with E-state index in [-0.39, 0.29) is 5.91 Å². The molecule has 1 atom stereocenters. The van der Waals surface area contributed by atoms with Crippen molar-refractivity contribution in [3.05, 3.63) is 35.4 Å². The van der Waals surface area contributed by atoms with E-state index in [1.807, 2.05) is 0 Å². The fourth-order valence-electron chi connectivity index (χ4n) is 2.27. The van der Waals surface area contributed by atoms with Gasteiger partial charge in [-0.3, -0.25) is 19.3 Å². The van der Waals surface area contributed by atoms with Gasteiger partial charge in [-0.1, -0.05) is 19.1 Å². The molecular weight excluding hydrogens is 244 g/mol. The van der Waals surface area contributed by atoms with Crippen molar-refractivity contribution in [1.82, 2.24) is 10.2 Å². The number of nitrogens with one attached hydrogen (secondary N) is 1. The lowest BCUT2D eigenvalue weighted by Crippen LogP contribution is -2.49. The second kappa shape index (κ2) is 5.22. The van der Waals surface area contributed by atoms with Gasteiger partial charge in [0.25, 0.3) is 11.8 Å². The first-order valence-electron chi connectivity index (χ1n) is 6.36. The van der Waals surface area contributed by atoms with E-state index >= 15 is 0 Å². The highest BCUT2D eigenvalue weighted by Gasteiger charge is 2.41. The number of rotatable bonds is 4. The average Bonchev–Trinajstić information content (AvgIpc) is 2.66. The third-order valence-corrected chi connectivity index (χ3v) is 3.18. The Kier molecular flexibility index (Phi) is 3.64. The van der Waals surface area contributed by atoms with Crippen LogP contribution in [0.3, 0.4) is 0 Å². The zero-order valence-electron chi connectivity index (χ0n) is 11.0. The third kappa shape index (κ3) is 2.12. The van der Waals surface area contributed by atoms with Gasteiger partial charge in [0.1, 0.15) is 6.04 Å². The van der Waals surface area contributed by atoms with Gasteiger partial charge in [-0.15, -0.1) is 0 Å². The minimum absolute atomic E-state index is 0.292. The van der Waals surface area contributed by atoms with Crippen molar-refractivity contribution in [1.29, 1.82) is 0 Å². The van der Waals surface area contributed by atoms with E-state index in [0.29, 0.717) is 24.1 Å². The van der Waals surface area contributed by atoms with Crippen molar-refractivity contribution in [3.8, 4) is 0 Å². The number of amides is 3. The summed E-state index contributed by atoms with van der Waals surface area (Å²) >= 11 is 0. The smallest absolute Gasteiger partial charge is 0.262 e. The zero-order chi connectivity index (χ0) is 14.0. The molecule has 0 fully saturated rings. The number of hydrogen-bond acceptors (Lipinski definition) is 3. The second-order valence-corrected chi connectivity index (χ2v) is 4.34. The summed E-state index contributed by atoms with van der Waals surface area (Å²) in [5, 5.41) is 2.66. The summed E-state index contributed by atoms with van der Waals surface area (Å²) in [7, 11) is 0. The standard InChI is InChI=1S/C14H16N2O3/c1-3-11(12(17)15-4-2)16-13(18)9-7-5-6-8-10(9)14(16)19/h5-8,11H,3-4H2,1-2H3,(H,15,17). The molecule has 1 unspecified atom stereocenters.